The van der Waals surface area contributed by atoms with Crippen molar-refractivity contribution in [2.45, 2.75) is 18.5 Å². The summed E-state index contributed by atoms with van der Waals surface area (Å²) in [6.45, 7) is 0. The molecular weight excluding hydrogens is 346 g/mol. The van der Waals surface area contributed by atoms with E-state index < -0.39 is 29.8 Å². The maximum Gasteiger partial charge on any atom is 0.434 e. The first-order valence-corrected chi connectivity index (χ1v) is 5.40. The molecule has 1 rings (SSSR count). The topological polar surface area (TPSA) is 26.3 Å². The molecule has 0 aliphatic heterocycles. The Kier molecular flexibility index (Phi) is 4.49. The first kappa shape index (κ1) is 15.8. The smallest absolute Gasteiger partial charge is 0.434 e. The van der Waals surface area contributed by atoms with E-state index in [-0.39, 0.29) is 10.8 Å². The van der Waals surface area contributed by atoms with Gasteiger partial charge < -0.3 is 4.74 Å². The van der Waals surface area contributed by atoms with Gasteiger partial charge >= 0.3 is 12.4 Å². The molecule has 0 spiro atoms. The van der Waals surface area contributed by atoms with Gasteiger partial charge in [0.1, 0.15) is 5.75 Å². The fourth-order valence-electron chi connectivity index (χ4n) is 1.18. The van der Waals surface area contributed by atoms with Crippen molar-refractivity contribution in [2.24, 2.45) is 0 Å². The Morgan fingerprint density at radius 3 is 2.05 bits per heavy atom. The number of aldehydes is 1. The molecule has 1 aromatic rings. The Labute approximate surface area is 111 Å². The Morgan fingerprint density at radius 2 is 1.63 bits per heavy atom. The normalized spacial score (nSPS) is 12.6. The molecule has 0 N–H and O–H groups in total. The summed E-state index contributed by atoms with van der Waals surface area (Å²) in [5.74, 6) is -0.808. The molecule has 9 heteroatoms. The van der Waals surface area contributed by atoms with Gasteiger partial charge in [-0.3, -0.25) is 4.79 Å². The third-order valence-electron chi connectivity index (χ3n) is 1.95. The Morgan fingerprint density at radius 1 is 1.11 bits per heavy atom. The van der Waals surface area contributed by atoms with Crippen LogP contribution in [0.3, 0.4) is 0 Å². The number of alkyl halides is 6. The fraction of sp³-hybridized carbons (Fsp3) is 0.300. The fourth-order valence-corrected chi connectivity index (χ4v) is 1.65. The van der Waals surface area contributed by atoms with Crippen molar-refractivity contribution in [2.75, 3.05) is 0 Å². The van der Waals surface area contributed by atoms with Crippen LogP contribution in [0.1, 0.15) is 10.4 Å². The van der Waals surface area contributed by atoms with E-state index in [1.807, 2.05) is 0 Å². The van der Waals surface area contributed by atoms with Crippen molar-refractivity contribution in [3.63, 3.8) is 0 Å². The average Bonchev–Trinajstić information content (AvgIpc) is 2.23. The van der Waals surface area contributed by atoms with Crippen molar-refractivity contribution < 1.29 is 35.9 Å². The third-order valence-corrected chi connectivity index (χ3v) is 2.58. The van der Waals surface area contributed by atoms with Crippen molar-refractivity contribution in [1.29, 1.82) is 0 Å². The van der Waals surface area contributed by atoms with Crippen LogP contribution in [0.4, 0.5) is 26.3 Å². The number of benzene rings is 1. The number of rotatable bonds is 3. The summed E-state index contributed by atoms with van der Waals surface area (Å²) in [5.41, 5.74) is -0.423. The monoisotopic (exact) mass is 350 g/mol. The zero-order valence-corrected chi connectivity index (χ0v) is 10.4. The number of para-hydroxylation sites is 1. The van der Waals surface area contributed by atoms with Crippen LogP contribution < -0.4 is 4.74 Å². The maximum atomic E-state index is 12.3. The molecule has 0 bridgehead atoms. The van der Waals surface area contributed by atoms with Crippen LogP contribution in [0.15, 0.2) is 22.7 Å². The maximum absolute atomic E-state index is 12.3. The summed E-state index contributed by atoms with van der Waals surface area (Å²) in [5, 5.41) is 0. The van der Waals surface area contributed by atoms with Gasteiger partial charge in [-0.2, -0.15) is 26.3 Å². The number of carbonyl (C=O) groups is 1. The minimum absolute atomic E-state index is 0.101. The molecule has 0 radical (unpaired) electrons. The SMILES string of the molecule is O=Cc1cccc(Br)c1OC(C(F)(F)F)C(F)(F)F. The minimum atomic E-state index is -5.65. The average molecular weight is 351 g/mol. The van der Waals surface area contributed by atoms with Crippen molar-refractivity contribution in [1.82, 2.24) is 0 Å². The zero-order valence-electron chi connectivity index (χ0n) is 8.85. The highest BCUT2D eigenvalue weighted by atomic mass is 79.9. The lowest BCUT2D eigenvalue weighted by Crippen LogP contribution is -2.46. The summed E-state index contributed by atoms with van der Waals surface area (Å²) in [4.78, 5) is 10.6. The van der Waals surface area contributed by atoms with Gasteiger partial charge in [0.15, 0.2) is 6.29 Å². The first-order valence-electron chi connectivity index (χ1n) is 4.61. The Bertz CT molecular complexity index is 454. The van der Waals surface area contributed by atoms with Crippen molar-refractivity contribution in [3.8, 4) is 5.75 Å². The van der Waals surface area contributed by atoms with Gasteiger partial charge in [0.05, 0.1) is 10.0 Å². The second-order valence-electron chi connectivity index (χ2n) is 3.36. The van der Waals surface area contributed by atoms with Gasteiger partial charge in [0.2, 0.25) is 0 Å². The van der Waals surface area contributed by atoms with Crippen LogP contribution in [0.5, 0.6) is 5.75 Å². The second-order valence-corrected chi connectivity index (χ2v) is 4.21. The van der Waals surface area contributed by atoms with Gasteiger partial charge in [-0.05, 0) is 28.1 Å². The van der Waals surface area contributed by atoms with Crippen molar-refractivity contribution in [3.05, 3.63) is 28.2 Å². The molecule has 0 saturated carbocycles. The molecule has 0 aliphatic rings. The molecule has 1 aromatic carbocycles. The van der Waals surface area contributed by atoms with Crippen LogP contribution in [0.2, 0.25) is 0 Å². The standard InChI is InChI=1S/C10H5BrF6O2/c11-6-3-1-2-5(4-18)7(6)19-8(9(12,13)14)10(15,16)17/h1-4,8H. The Hall–Kier alpha value is -1.25. The van der Waals surface area contributed by atoms with Crippen LogP contribution in [0.25, 0.3) is 0 Å². The van der Waals surface area contributed by atoms with E-state index in [0.717, 1.165) is 12.1 Å². The molecular formula is C10H5BrF6O2. The van der Waals surface area contributed by atoms with Crippen LogP contribution in [-0.2, 0) is 0 Å². The van der Waals surface area contributed by atoms with E-state index in [1.165, 1.54) is 6.07 Å². The van der Waals surface area contributed by atoms with Gasteiger partial charge in [-0.1, -0.05) is 6.07 Å². The van der Waals surface area contributed by atoms with Crippen LogP contribution in [0, 0.1) is 0 Å². The molecule has 0 aromatic heterocycles. The minimum Gasteiger partial charge on any atom is -0.469 e. The lowest BCUT2D eigenvalue weighted by Gasteiger charge is -2.24. The number of carbonyl (C=O) groups excluding carboxylic acids is 1. The third kappa shape index (κ3) is 3.85. The summed E-state index contributed by atoms with van der Waals surface area (Å²) in [6.07, 6.45) is -15.2. The first-order chi connectivity index (χ1) is 8.57. The summed E-state index contributed by atoms with van der Waals surface area (Å²) in [7, 11) is 0. The number of hydrogen-bond acceptors (Lipinski definition) is 2. The predicted molar refractivity (Wildman–Crippen MR) is 56.1 cm³/mol. The molecule has 0 saturated heterocycles. The van der Waals surface area contributed by atoms with E-state index in [4.69, 9.17) is 0 Å². The lowest BCUT2D eigenvalue weighted by atomic mass is 10.2. The molecule has 2 nitrogen and oxygen atoms in total. The summed E-state index contributed by atoms with van der Waals surface area (Å²) < 4.78 is 77.7. The second kappa shape index (κ2) is 5.40. The molecule has 106 valence electrons. The molecule has 0 fully saturated rings. The summed E-state index contributed by atoms with van der Waals surface area (Å²) >= 11 is 2.73. The highest BCUT2D eigenvalue weighted by Crippen LogP contribution is 2.39. The van der Waals surface area contributed by atoms with E-state index in [1.54, 1.807) is 0 Å². The zero-order chi connectivity index (χ0) is 14.8. The van der Waals surface area contributed by atoms with Gasteiger partial charge in [0.25, 0.3) is 6.10 Å². The molecule has 0 amide bonds. The van der Waals surface area contributed by atoms with Gasteiger partial charge in [-0.25, -0.2) is 0 Å². The summed E-state index contributed by atoms with van der Waals surface area (Å²) in [6, 6.07) is 3.47. The van der Waals surface area contributed by atoms with E-state index in [2.05, 4.69) is 20.7 Å². The van der Waals surface area contributed by atoms with Gasteiger partial charge in [0, 0.05) is 0 Å². The molecule has 0 heterocycles. The lowest BCUT2D eigenvalue weighted by molar-refractivity contribution is -0.300. The molecule has 0 aliphatic carbocycles. The quantitative estimate of drug-likeness (QED) is 0.605. The largest absolute Gasteiger partial charge is 0.469 e. The number of halogens is 7. The van der Waals surface area contributed by atoms with Crippen molar-refractivity contribution >= 4 is 22.2 Å². The van der Waals surface area contributed by atoms with Gasteiger partial charge in [-0.15, -0.1) is 0 Å². The van der Waals surface area contributed by atoms with Crippen LogP contribution in [-0.4, -0.2) is 24.7 Å². The van der Waals surface area contributed by atoms with E-state index in [0.29, 0.717) is 0 Å². The predicted octanol–water partition coefficient (Wildman–Crippen LogP) is 4.13. The number of ether oxygens (including phenoxy) is 1. The van der Waals surface area contributed by atoms with Crippen LogP contribution >= 0.6 is 15.9 Å². The number of hydrogen-bond donors (Lipinski definition) is 0. The molecule has 0 atom stereocenters. The molecule has 0 unspecified atom stereocenters. The van der Waals surface area contributed by atoms with E-state index >= 15 is 0 Å². The Balaban J connectivity index is 3.22. The highest BCUT2D eigenvalue weighted by molar-refractivity contribution is 9.10. The van der Waals surface area contributed by atoms with E-state index in [9.17, 15) is 31.1 Å². The molecule has 19 heavy (non-hydrogen) atoms. The highest BCUT2D eigenvalue weighted by Gasteiger charge is 2.59.